The molecule has 0 bridgehead atoms. The van der Waals surface area contributed by atoms with Crippen molar-refractivity contribution in [2.24, 2.45) is 0 Å². The molecular weight excluding hydrogens is 144 g/mol. The van der Waals surface area contributed by atoms with E-state index in [4.69, 9.17) is 5.11 Å². The lowest BCUT2D eigenvalue weighted by Gasteiger charge is -2.41. The van der Waals surface area contributed by atoms with Crippen LogP contribution in [-0.2, 0) is 0 Å². The number of urea groups is 1. The molecule has 0 radical (unpaired) electrons. The number of β-amino-alcohol motifs (C(OH)–C–C–N with tert-alkyl or cyclic N) is 1. The van der Waals surface area contributed by atoms with Crippen LogP contribution in [-0.4, -0.2) is 34.9 Å². The van der Waals surface area contributed by atoms with Crippen LogP contribution in [0.25, 0.3) is 0 Å². The summed E-state index contributed by atoms with van der Waals surface area (Å²) in [4.78, 5) is 12.5. The van der Waals surface area contributed by atoms with Crippen LogP contribution >= 0.6 is 0 Å². The number of hydrogen-bond donors (Lipinski definition) is 2. The van der Waals surface area contributed by atoms with Crippen LogP contribution in [0.4, 0.5) is 4.79 Å². The first-order valence-corrected chi connectivity index (χ1v) is 3.90. The third-order valence-electron chi connectivity index (χ3n) is 1.77. The molecule has 4 nitrogen and oxygen atoms in total. The van der Waals surface area contributed by atoms with E-state index in [1.807, 2.05) is 6.92 Å². The molecular formula is C7H14N2O2. The first kappa shape index (κ1) is 8.33. The maximum absolute atomic E-state index is 10.8. The zero-order valence-electron chi connectivity index (χ0n) is 6.87. The predicted molar refractivity (Wildman–Crippen MR) is 41.0 cm³/mol. The number of carbonyl (C=O) groups excluding carboxylic acids is 1. The third-order valence-corrected chi connectivity index (χ3v) is 1.77. The molecule has 0 saturated carbocycles. The molecule has 2 amide bonds. The van der Waals surface area contributed by atoms with Crippen LogP contribution in [0.5, 0.6) is 0 Å². The molecule has 1 rings (SSSR count). The Kier molecular flexibility index (Phi) is 2.34. The van der Waals surface area contributed by atoms with E-state index in [0.29, 0.717) is 6.54 Å². The van der Waals surface area contributed by atoms with Gasteiger partial charge in [0.2, 0.25) is 0 Å². The van der Waals surface area contributed by atoms with Gasteiger partial charge in [-0.25, -0.2) is 4.79 Å². The lowest BCUT2D eigenvalue weighted by atomic mass is 10.2. The summed E-state index contributed by atoms with van der Waals surface area (Å²) in [5.74, 6) is 0. The maximum Gasteiger partial charge on any atom is 0.320 e. The van der Waals surface area contributed by atoms with Crippen molar-refractivity contribution in [3.63, 3.8) is 0 Å². The molecule has 0 spiro atoms. The Morgan fingerprint density at radius 1 is 1.82 bits per heavy atom. The van der Waals surface area contributed by atoms with E-state index in [0.717, 1.165) is 6.42 Å². The van der Waals surface area contributed by atoms with Gasteiger partial charge in [0, 0.05) is 0 Å². The molecule has 1 saturated heterocycles. The van der Waals surface area contributed by atoms with Gasteiger partial charge in [-0.15, -0.1) is 0 Å². The van der Waals surface area contributed by atoms with E-state index in [-0.39, 0.29) is 12.2 Å². The van der Waals surface area contributed by atoms with Gasteiger partial charge in [-0.05, 0) is 13.3 Å². The predicted octanol–water partition coefficient (Wildman–Crippen LogP) is 0.128. The van der Waals surface area contributed by atoms with Crippen molar-refractivity contribution in [3.05, 3.63) is 0 Å². The first-order chi connectivity index (χ1) is 5.15. The van der Waals surface area contributed by atoms with E-state index in [1.54, 1.807) is 11.8 Å². The SMILES string of the molecule is CCC1NC(=O)N1CC(C)O. The highest BCUT2D eigenvalue weighted by molar-refractivity contribution is 5.80. The molecule has 11 heavy (non-hydrogen) atoms. The molecule has 0 aromatic rings. The minimum Gasteiger partial charge on any atom is -0.392 e. The maximum atomic E-state index is 10.8. The van der Waals surface area contributed by atoms with Crippen molar-refractivity contribution >= 4 is 6.03 Å². The molecule has 1 aliphatic rings. The summed E-state index contributed by atoms with van der Waals surface area (Å²) >= 11 is 0. The second-order valence-electron chi connectivity index (χ2n) is 2.87. The number of nitrogens with one attached hydrogen (secondary N) is 1. The molecule has 2 unspecified atom stereocenters. The Bertz CT molecular complexity index is 159. The molecule has 0 aromatic heterocycles. The first-order valence-electron chi connectivity index (χ1n) is 3.90. The zero-order valence-corrected chi connectivity index (χ0v) is 6.87. The summed E-state index contributed by atoms with van der Waals surface area (Å²) in [7, 11) is 0. The fraction of sp³-hybridized carbons (Fsp3) is 0.857. The fourth-order valence-corrected chi connectivity index (χ4v) is 1.20. The summed E-state index contributed by atoms with van der Waals surface area (Å²) in [6.07, 6.45) is 0.588. The van der Waals surface area contributed by atoms with Crippen molar-refractivity contribution in [2.75, 3.05) is 6.54 Å². The Hall–Kier alpha value is -0.770. The molecule has 2 N–H and O–H groups in total. The van der Waals surface area contributed by atoms with Crippen molar-refractivity contribution < 1.29 is 9.90 Å². The monoisotopic (exact) mass is 158 g/mol. The van der Waals surface area contributed by atoms with Gasteiger partial charge in [0.15, 0.2) is 0 Å². The molecule has 64 valence electrons. The van der Waals surface area contributed by atoms with Crippen LogP contribution in [0.3, 0.4) is 0 Å². The molecule has 1 heterocycles. The Morgan fingerprint density at radius 3 is 2.82 bits per heavy atom. The quantitative estimate of drug-likeness (QED) is 0.613. The van der Waals surface area contributed by atoms with Crippen molar-refractivity contribution in [3.8, 4) is 0 Å². The molecule has 1 fully saturated rings. The Labute approximate surface area is 66.2 Å². The highest BCUT2D eigenvalue weighted by Crippen LogP contribution is 2.11. The number of amides is 2. The minimum atomic E-state index is -0.435. The number of nitrogens with zero attached hydrogens (tertiary/aromatic N) is 1. The Balaban J connectivity index is 2.36. The summed E-state index contributed by atoms with van der Waals surface area (Å²) in [5, 5.41) is 11.7. The lowest BCUT2D eigenvalue weighted by Crippen LogP contribution is -2.66. The van der Waals surface area contributed by atoms with Crippen molar-refractivity contribution in [1.29, 1.82) is 0 Å². The van der Waals surface area contributed by atoms with Gasteiger partial charge < -0.3 is 15.3 Å². The molecule has 0 aliphatic carbocycles. The van der Waals surface area contributed by atoms with Gasteiger partial charge in [0.05, 0.1) is 12.6 Å². The van der Waals surface area contributed by atoms with Crippen LogP contribution in [0.2, 0.25) is 0 Å². The van der Waals surface area contributed by atoms with Gasteiger partial charge in [-0.3, -0.25) is 0 Å². The normalized spacial score (nSPS) is 25.9. The van der Waals surface area contributed by atoms with E-state index in [2.05, 4.69) is 5.32 Å². The minimum absolute atomic E-state index is 0.0715. The summed E-state index contributed by atoms with van der Waals surface area (Å²) in [6.45, 7) is 4.11. The van der Waals surface area contributed by atoms with Crippen molar-refractivity contribution in [1.82, 2.24) is 10.2 Å². The van der Waals surface area contributed by atoms with Crippen LogP contribution < -0.4 is 5.32 Å². The van der Waals surface area contributed by atoms with Crippen molar-refractivity contribution in [2.45, 2.75) is 32.5 Å². The second kappa shape index (κ2) is 3.09. The molecule has 2 atom stereocenters. The number of aliphatic hydroxyl groups excluding tert-OH is 1. The summed E-state index contributed by atoms with van der Waals surface area (Å²) in [6, 6.07) is -0.0715. The number of carbonyl (C=O) groups is 1. The lowest BCUT2D eigenvalue weighted by molar-refractivity contribution is 0.0622. The third kappa shape index (κ3) is 1.63. The van der Waals surface area contributed by atoms with E-state index >= 15 is 0 Å². The van der Waals surface area contributed by atoms with Gasteiger partial charge in [-0.2, -0.15) is 0 Å². The molecule has 1 aliphatic heterocycles. The van der Waals surface area contributed by atoms with Gasteiger partial charge >= 0.3 is 6.03 Å². The largest absolute Gasteiger partial charge is 0.392 e. The van der Waals surface area contributed by atoms with Crippen LogP contribution in [0, 0.1) is 0 Å². The second-order valence-corrected chi connectivity index (χ2v) is 2.87. The fourth-order valence-electron chi connectivity index (χ4n) is 1.20. The van der Waals surface area contributed by atoms with E-state index in [9.17, 15) is 4.79 Å². The molecule has 0 aromatic carbocycles. The standard InChI is InChI=1S/C7H14N2O2/c1-3-6-8-7(11)9(6)4-5(2)10/h5-6,10H,3-4H2,1-2H3,(H,8,11). The summed E-state index contributed by atoms with van der Waals surface area (Å²) in [5.41, 5.74) is 0. The smallest absolute Gasteiger partial charge is 0.320 e. The average molecular weight is 158 g/mol. The average Bonchev–Trinajstić information content (AvgIpc) is 1.95. The zero-order chi connectivity index (χ0) is 8.43. The highest BCUT2D eigenvalue weighted by Gasteiger charge is 2.33. The van der Waals surface area contributed by atoms with Gasteiger partial charge in [0.1, 0.15) is 6.17 Å². The number of rotatable bonds is 3. The van der Waals surface area contributed by atoms with E-state index < -0.39 is 6.10 Å². The van der Waals surface area contributed by atoms with Gasteiger partial charge in [0.25, 0.3) is 0 Å². The number of aliphatic hydroxyl groups is 1. The highest BCUT2D eigenvalue weighted by atomic mass is 16.3. The Morgan fingerprint density at radius 2 is 2.45 bits per heavy atom. The van der Waals surface area contributed by atoms with Gasteiger partial charge in [-0.1, -0.05) is 6.92 Å². The summed E-state index contributed by atoms with van der Waals surface area (Å²) < 4.78 is 0. The van der Waals surface area contributed by atoms with E-state index in [1.165, 1.54) is 0 Å². The van der Waals surface area contributed by atoms with Crippen LogP contribution in [0.1, 0.15) is 20.3 Å². The van der Waals surface area contributed by atoms with Crippen LogP contribution in [0.15, 0.2) is 0 Å². The number of hydrogen-bond acceptors (Lipinski definition) is 2. The topological polar surface area (TPSA) is 52.6 Å². The molecule has 4 heteroatoms.